The Labute approximate surface area is 219 Å². The fourth-order valence-corrected chi connectivity index (χ4v) is 3.77. The van der Waals surface area contributed by atoms with Gasteiger partial charge in [-0.2, -0.15) is 26.3 Å². The maximum absolute atomic E-state index is 13.5. The van der Waals surface area contributed by atoms with Crippen LogP contribution < -0.4 is 16.0 Å². The highest BCUT2D eigenvalue weighted by Gasteiger charge is 2.38. The molecule has 0 fully saturated rings. The SMILES string of the molecule is CC(C)c1nc2c(c(Nc3ccc(N)cc3)n1)CCN(c1ncccc1C(F)(F)F)CC2.O=C(O)C(F)(F)F. The van der Waals surface area contributed by atoms with Crippen molar-refractivity contribution < 1.29 is 36.2 Å². The van der Waals surface area contributed by atoms with Crippen LogP contribution in [-0.4, -0.2) is 45.3 Å². The molecule has 0 amide bonds. The van der Waals surface area contributed by atoms with Crippen LogP contribution in [0.1, 0.15) is 42.4 Å². The third-order valence-corrected chi connectivity index (χ3v) is 5.68. The number of halogens is 6. The number of fused-ring (bicyclic) bond motifs is 1. The molecule has 8 nitrogen and oxygen atoms in total. The molecule has 2 aromatic heterocycles. The highest BCUT2D eigenvalue weighted by molar-refractivity contribution is 5.73. The molecule has 0 saturated carbocycles. The molecule has 3 aromatic rings. The highest BCUT2D eigenvalue weighted by atomic mass is 19.4. The summed E-state index contributed by atoms with van der Waals surface area (Å²) in [6, 6.07) is 9.72. The molecule has 0 bridgehead atoms. The summed E-state index contributed by atoms with van der Waals surface area (Å²) in [5.41, 5.74) is 8.32. The Morgan fingerprint density at radius 1 is 1.03 bits per heavy atom. The van der Waals surface area contributed by atoms with Crippen LogP contribution in [0.2, 0.25) is 0 Å². The number of hydrogen-bond donors (Lipinski definition) is 3. The van der Waals surface area contributed by atoms with E-state index in [1.165, 1.54) is 12.3 Å². The second kappa shape index (κ2) is 11.7. The smallest absolute Gasteiger partial charge is 0.475 e. The number of aromatic nitrogens is 3. The number of rotatable bonds is 4. The van der Waals surface area contributed by atoms with Gasteiger partial charge in [0.25, 0.3) is 0 Å². The molecule has 39 heavy (non-hydrogen) atoms. The van der Waals surface area contributed by atoms with E-state index in [1.54, 1.807) is 17.0 Å². The van der Waals surface area contributed by atoms with Crippen LogP contribution in [0.25, 0.3) is 0 Å². The average molecular weight is 557 g/mol. The van der Waals surface area contributed by atoms with Crippen molar-refractivity contribution in [2.45, 2.75) is 45.0 Å². The Kier molecular flexibility index (Phi) is 8.87. The third kappa shape index (κ3) is 7.71. The predicted octanol–water partition coefficient (Wildman–Crippen LogP) is 5.58. The van der Waals surface area contributed by atoms with Gasteiger partial charge in [-0.1, -0.05) is 13.8 Å². The van der Waals surface area contributed by atoms with Gasteiger partial charge in [-0.15, -0.1) is 0 Å². The van der Waals surface area contributed by atoms with Gasteiger partial charge in [0.1, 0.15) is 17.5 Å². The third-order valence-electron chi connectivity index (χ3n) is 5.68. The summed E-state index contributed by atoms with van der Waals surface area (Å²) in [5.74, 6) is -1.31. The number of nitrogens with zero attached hydrogens (tertiary/aromatic N) is 4. The van der Waals surface area contributed by atoms with Crippen LogP contribution in [0, 0.1) is 0 Å². The van der Waals surface area contributed by atoms with E-state index in [-0.39, 0.29) is 11.7 Å². The Balaban J connectivity index is 0.000000532. The number of aliphatic carboxylic acids is 1. The van der Waals surface area contributed by atoms with Crippen LogP contribution in [0.5, 0.6) is 0 Å². The maximum atomic E-state index is 13.5. The van der Waals surface area contributed by atoms with E-state index in [9.17, 15) is 26.3 Å². The lowest BCUT2D eigenvalue weighted by Crippen LogP contribution is -2.29. The predicted molar refractivity (Wildman–Crippen MR) is 133 cm³/mol. The molecular formula is C25H26F6N6O2. The van der Waals surface area contributed by atoms with Crippen molar-refractivity contribution in [3.8, 4) is 0 Å². The molecular weight excluding hydrogens is 530 g/mol. The first-order chi connectivity index (χ1) is 18.2. The number of carbonyl (C=O) groups is 1. The van der Waals surface area contributed by atoms with Crippen LogP contribution in [-0.2, 0) is 23.8 Å². The van der Waals surface area contributed by atoms with E-state index in [1.807, 2.05) is 26.0 Å². The largest absolute Gasteiger partial charge is 0.490 e. The van der Waals surface area contributed by atoms with Crippen molar-refractivity contribution in [2.75, 3.05) is 29.0 Å². The first kappa shape index (κ1) is 29.5. The number of pyridine rings is 1. The number of nitrogens with two attached hydrogens (primary N) is 1. The zero-order valence-electron chi connectivity index (χ0n) is 20.9. The molecule has 3 heterocycles. The van der Waals surface area contributed by atoms with Crippen molar-refractivity contribution in [3.05, 3.63) is 65.2 Å². The van der Waals surface area contributed by atoms with E-state index in [4.69, 9.17) is 25.6 Å². The van der Waals surface area contributed by atoms with Gasteiger partial charge >= 0.3 is 18.3 Å². The summed E-state index contributed by atoms with van der Waals surface area (Å²) in [6.45, 7) is 4.80. The molecule has 1 aliphatic heterocycles. The van der Waals surface area contributed by atoms with Gasteiger partial charge in [-0.3, -0.25) is 0 Å². The second-order valence-corrected chi connectivity index (χ2v) is 8.92. The Hall–Kier alpha value is -4.10. The number of hydrogen-bond acceptors (Lipinski definition) is 7. The van der Waals surface area contributed by atoms with Crippen LogP contribution >= 0.6 is 0 Å². The summed E-state index contributed by atoms with van der Waals surface area (Å²) < 4.78 is 72.3. The summed E-state index contributed by atoms with van der Waals surface area (Å²) in [5, 5.41) is 10.5. The molecule has 4 rings (SSSR count). The van der Waals surface area contributed by atoms with Gasteiger partial charge in [0.2, 0.25) is 0 Å². The minimum atomic E-state index is -5.08. The molecule has 1 aromatic carbocycles. The number of anilines is 4. The molecule has 0 radical (unpaired) electrons. The molecule has 210 valence electrons. The summed E-state index contributed by atoms with van der Waals surface area (Å²) in [4.78, 5) is 24.1. The number of benzene rings is 1. The van der Waals surface area contributed by atoms with Crippen LogP contribution in [0.15, 0.2) is 42.6 Å². The highest BCUT2D eigenvalue weighted by Crippen LogP contribution is 2.36. The second-order valence-electron chi connectivity index (χ2n) is 8.92. The number of carboxylic acid groups (broad SMARTS) is 1. The van der Waals surface area contributed by atoms with Crippen LogP contribution in [0.4, 0.5) is 49.4 Å². The zero-order chi connectivity index (χ0) is 29.0. The lowest BCUT2D eigenvalue weighted by molar-refractivity contribution is -0.192. The van der Waals surface area contributed by atoms with Gasteiger partial charge < -0.3 is 21.1 Å². The molecule has 0 saturated heterocycles. The van der Waals surface area contributed by atoms with Crippen molar-refractivity contribution in [2.24, 2.45) is 0 Å². The van der Waals surface area contributed by atoms with Crippen LogP contribution in [0.3, 0.4) is 0 Å². The number of nitrogens with one attached hydrogen (secondary N) is 1. The lowest BCUT2D eigenvalue weighted by atomic mass is 10.1. The fourth-order valence-electron chi connectivity index (χ4n) is 3.77. The first-order valence-corrected chi connectivity index (χ1v) is 11.8. The van der Waals surface area contributed by atoms with Gasteiger partial charge in [0.15, 0.2) is 0 Å². The van der Waals surface area contributed by atoms with Crippen molar-refractivity contribution >= 4 is 29.0 Å². The number of carboxylic acids is 1. The number of alkyl halides is 6. The normalized spacial score (nSPS) is 13.7. The Morgan fingerprint density at radius 2 is 1.64 bits per heavy atom. The van der Waals surface area contributed by atoms with Crippen molar-refractivity contribution in [1.29, 1.82) is 0 Å². The molecule has 4 N–H and O–H groups in total. The maximum Gasteiger partial charge on any atom is 0.490 e. The lowest BCUT2D eigenvalue weighted by Gasteiger charge is -2.24. The average Bonchev–Trinajstić information content (AvgIpc) is 3.07. The monoisotopic (exact) mass is 556 g/mol. The molecule has 1 aliphatic rings. The molecule has 0 unspecified atom stereocenters. The quantitative estimate of drug-likeness (QED) is 0.282. The standard InChI is InChI=1S/C23H25F3N6.C2HF3O2/c1-14(2)20-30-19-10-13-32(22-18(23(24,25)26)4-3-11-28-22)12-9-17(19)21(31-20)29-16-7-5-15(27)6-8-16;3-2(4,5)1(6)7/h3-8,11,14H,9-10,12-13,27H2,1-2H3,(H,29,30,31);(H,6,7). The Morgan fingerprint density at radius 3 is 2.21 bits per heavy atom. The van der Waals surface area contributed by atoms with Crippen molar-refractivity contribution in [3.63, 3.8) is 0 Å². The minimum absolute atomic E-state index is 0.0436. The minimum Gasteiger partial charge on any atom is -0.475 e. The topological polar surface area (TPSA) is 117 Å². The van der Waals surface area contributed by atoms with E-state index in [2.05, 4.69) is 10.3 Å². The summed E-state index contributed by atoms with van der Waals surface area (Å²) >= 11 is 0. The van der Waals surface area contributed by atoms with Gasteiger partial charge in [0, 0.05) is 48.6 Å². The zero-order valence-corrected chi connectivity index (χ0v) is 20.9. The van der Waals surface area contributed by atoms with Crippen molar-refractivity contribution in [1.82, 2.24) is 15.0 Å². The Bertz CT molecular complexity index is 1300. The molecule has 0 atom stereocenters. The fraction of sp³-hybridized carbons (Fsp3) is 0.360. The molecule has 0 aliphatic carbocycles. The summed E-state index contributed by atoms with van der Waals surface area (Å²) in [6.07, 6.45) is -7.15. The van der Waals surface area contributed by atoms with Gasteiger partial charge in [-0.25, -0.2) is 19.7 Å². The van der Waals surface area contributed by atoms with E-state index < -0.39 is 23.9 Å². The van der Waals surface area contributed by atoms with E-state index >= 15 is 0 Å². The van der Waals surface area contributed by atoms with E-state index in [0.29, 0.717) is 43.3 Å². The first-order valence-electron chi connectivity index (χ1n) is 11.8. The summed E-state index contributed by atoms with van der Waals surface area (Å²) in [7, 11) is 0. The number of nitrogen functional groups attached to an aromatic ring is 1. The van der Waals surface area contributed by atoms with E-state index in [0.717, 1.165) is 23.0 Å². The molecule has 0 spiro atoms. The van der Waals surface area contributed by atoms with Gasteiger partial charge in [-0.05, 0) is 42.8 Å². The molecule has 14 heteroatoms. The van der Waals surface area contributed by atoms with Gasteiger partial charge in [0.05, 0.1) is 11.3 Å².